The number of furan rings is 1. The predicted octanol–water partition coefficient (Wildman–Crippen LogP) is 4.61. The van der Waals surface area contributed by atoms with Gasteiger partial charge in [-0.25, -0.2) is 4.98 Å². The molecular formula is C21H16BrN3O3S. The third-order valence-corrected chi connectivity index (χ3v) is 5.60. The molecule has 0 radical (unpaired) electrons. The Balaban J connectivity index is 1.30. The van der Waals surface area contributed by atoms with E-state index in [4.69, 9.17) is 4.42 Å². The molecule has 2 amide bonds. The topological polar surface area (TPSA) is 84.2 Å². The van der Waals surface area contributed by atoms with E-state index in [1.165, 1.54) is 10.8 Å². The summed E-state index contributed by atoms with van der Waals surface area (Å²) in [5.41, 5.74) is 2.79. The van der Waals surface area contributed by atoms with Crippen LogP contribution in [0.4, 0.5) is 5.69 Å². The van der Waals surface area contributed by atoms with Crippen molar-refractivity contribution in [2.75, 3.05) is 11.9 Å². The van der Waals surface area contributed by atoms with E-state index < -0.39 is 5.91 Å². The van der Waals surface area contributed by atoms with Crippen molar-refractivity contribution in [3.8, 4) is 0 Å². The second-order valence-electron chi connectivity index (χ2n) is 6.28. The van der Waals surface area contributed by atoms with Gasteiger partial charge in [-0.3, -0.25) is 9.59 Å². The summed E-state index contributed by atoms with van der Waals surface area (Å²) in [6, 6.07) is 18.8. The lowest BCUT2D eigenvalue weighted by Gasteiger charge is -2.07. The number of aromatic nitrogens is 1. The number of halogens is 1. The molecule has 2 heterocycles. The molecule has 29 heavy (non-hydrogen) atoms. The van der Waals surface area contributed by atoms with Crippen LogP contribution in [-0.2, 0) is 11.2 Å². The summed E-state index contributed by atoms with van der Waals surface area (Å²) in [7, 11) is 0. The molecule has 0 aliphatic carbocycles. The number of nitrogens with one attached hydrogen (secondary N) is 2. The second-order valence-corrected chi connectivity index (χ2v) is 8.18. The number of anilines is 1. The van der Waals surface area contributed by atoms with Gasteiger partial charge in [-0.2, -0.15) is 0 Å². The van der Waals surface area contributed by atoms with Gasteiger partial charge in [0.05, 0.1) is 21.8 Å². The average molecular weight is 470 g/mol. The predicted molar refractivity (Wildman–Crippen MR) is 116 cm³/mol. The van der Waals surface area contributed by atoms with Crippen molar-refractivity contribution in [3.63, 3.8) is 0 Å². The van der Waals surface area contributed by atoms with E-state index in [9.17, 15) is 9.59 Å². The maximum absolute atomic E-state index is 12.1. The lowest BCUT2D eigenvalue weighted by atomic mass is 10.1. The number of amides is 2. The Morgan fingerprint density at radius 3 is 2.55 bits per heavy atom. The second kappa shape index (κ2) is 8.59. The van der Waals surface area contributed by atoms with Crippen LogP contribution < -0.4 is 10.6 Å². The fraction of sp³-hybridized carbons (Fsp3) is 0.0952. The molecule has 8 heteroatoms. The van der Waals surface area contributed by atoms with Crippen LogP contribution in [0.15, 0.2) is 69.8 Å². The summed E-state index contributed by atoms with van der Waals surface area (Å²) >= 11 is 4.82. The quantitative estimate of drug-likeness (QED) is 0.431. The fourth-order valence-corrected chi connectivity index (χ4v) is 4.07. The Bertz CT molecular complexity index is 1130. The van der Waals surface area contributed by atoms with Crippen LogP contribution in [0.2, 0.25) is 0 Å². The Morgan fingerprint density at radius 1 is 1.03 bits per heavy atom. The first kappa shape index (κ1) is 19.4. The Morgan fingerprint density at radius 2 is 1.83 bits per heavy atom. The zero-order valence-electron chi connectivity index (χ0n) is 15.1. The molecule has 0 bridgehead atoms. The van der Waals surface area contributed by atoms with E-state index in [1.807, 2.05) is 42.5 Å². The highest BCUT2D eigenvalue weighted by molar-refractivity contribution is 9.10. The van der Waals surface area contributed by atoms with Crippen LogP contribution in [-0.4, -0.2) is 23.3 Å². The van der Waals surface area contributed by atoms with Crippen molar-refractivity contribution in [3.05, 3.63) is 81.7 Å². The largest absolute Gasteiger partial charge is 0.444 e. The summed E-state index contributed by atoms with van der Waals surface area (Å²) in [5.74, 6) is -0.621. The maximum Gasteiger partial charge on any atom is 0.287 e. The molecule has 2 aromatic carbocycles. The first-order chi connectivity index (χ1) is 14.1. The van der Waals surface area contributed by atoms with Gasteiger partial charge in [-0.05, 0) is 57.9 Å². The highest BCUT2D eigenvalue weighted by Crippen LogP contribution is 2.24. The van der Waals surface area contributed by atoms with Gasteiger partial charge in [0.1, 0.15) is 0 Å². The summed E-state index contributed by atoms with van der Waals surface area (Å²) in [4.78, 5) is 28.6. The Kier molecular flexibility index (Phi) is 5.73. The van der Waals surface area contributed by atoms with E-state index in [1.54, 1.807) is 17.4 Å². The van der Waals surface area contributed by atoms with E-state index in [-0.39, 0.29) is 18.2 Å². The number of hydrogen-bond donors (Lipinski definition) is 2. The molecule has 0 aliphatic rings. The van der Waals surface area contributed by atoms with Crippen LogP contribution >= 0.6 is 27.3 Å². The van der Waals surface area contributed by atoms with Gasteiger partial charge >= 0.3 is 0 Å². The van der Waals surface area contributed by atoms with Crippen LogP contribution in [0.5, 0.6) is 0 Å². The monoisotopic (exact) mass is 469 g/mol. The van der Waals surface area contributed by atoms with Gasteiger partial charge in [0.2, 0.25) is 5.91 Å². The number of rotatable bonds is 6. The summed E-state index contributed by atoms with van der Waals surface area (Å²) < 4.78 is 6.78. The van der Waals surface area contributed by atoms with Crippen molar-refractivity contribution in [2.45, 2.75) is 6.42 Å². The summed E-state index contributed by atoms with van der Waals surface area (Å²) in [5, 5.41) is 6.33. The summed E-state index contributed by atoms with van der Waals surface area (Å²) in [6.07, 6.45) is 0.738. The van der Waals surface area contributed by atoms with Crippen molar-refractivity contribution >= 4 is 55.0 Å². The van der Waals surface area contributed by atoms with Crippen molar-refractivity contribution in [1.82, 2.24) is 10.3 Å². The number of thiazole rings is 1. The molecule has 0 saturated heterocycles. The van der Waals surface area contributed by atoms with Gasteiger partial charge in [0.15, 0.2) is 10.4 Å². The minimum atomic E-state index is -0.447. The van der Waals surface area contributed by atoms with Gasteiger partial charge < -0.3 is 15.1 Å². The SMILES string of the molecule is O=C(CNC(=O)c1ccc(Br)o1)Nc1ccc(Cc2nc3ccccc3s2)cc1. The molecule has 2 N–H and O–H groups in total. The highest BCUT2D eigenvalue weighted by atomic mass is 79.9. The molecule has 146 valence electrons. The molecule has 4 aromatic rings. The standard InChI is InChI=1S/C21H16BrN3O3S/c22-18-10-9-16(28-18)21(27)23-12-19(26)24-14-7-5-13(6-8-14)11-20-25-15-3-1-2-4-17(15)29-20/h1-10H,11-12H2,(H,23,27)(H,24,26). The van der Waals surface area contributed by atoms with Crippen LogP contribution in [0, 0.1) is 0 Å². The zero-order valence-corrected chi connectivity index (χ0v) is 17.5. The third-order valence-electron chi connectivity index (χ3n) is 4.14. The normalized spacial score (nSPS) is 10.8. The molecule has 2 aromatic heterocycles. The number of nitrogens with zero attached hydrogens (tertiary/aromatic N) is 1. The van der Waals surface area contributed by atoms with Gasteiger partial charge in [-0.1, -0.05) is 24.3 Å². The number of hydrogen-bond acceptors (Lipinski definition) is 5. The lowest BCUT2D eigenvalue weighted by molar-refractivity contribution is -0.115. The number of fused-ring (bicyclic) bond motifs is 1. The number of carbonyl (C=O) groups excluding carboxylic acids is 2. The molecule has 6 nitrogen and oxygen atoms in total. The first-order valence-electron chi connectivity index (χ1n) is 8.83. The molecule has 0 atom stereocenters. The number of carbonyl (C=O) groups is 2. The molecule has 4 rings (SSSR count). The van der Waals surface area contributed by atoms with Crippen LogP contribution in [0.3, 0.4) is 0 Å². The first-order valence-corrected chi connectivity index (χ1v) is 10.4. The van der Waals surface area contributed by atoms with Gasteiger partial charge in [0.25, 0.3) is 5.91 Å². The molecule has 0 fully saturated rings. The van der Waals surface area contributed by atoms with Crippen LogP contribution in [0.25, 0.3) is 10.2 Å². The van der Waals surface area contributed by atoms with Crippen LogP contribution in [0.1, 0.15) is 21.1 Å². The van der Waals surface area contributed by atoms with Gasteiger partial charge in [-0.15, -0.1) is 11.3 Å². The molecular weight excluding hydrogens is 454 g/mol. The molecule has 0 spiro atoms. The van der Waals surface area contributed by atoms with Gasteiger partial charge in [0, 0.05) is 12.1 Å². The number of para-hydroxylation sites is 1. The van der Waals surface area contributed by atoms with Crippen molar-refractivity contribution in [2.24, 2.45) is 0 Å². The van der Waals surface area contributed by atoms with Crippen molar-refractivity contribution < 1.29 is 14.0 Å². The highest BCUT2D eigenvalue weighted by Gasteiger charge is 2.12. The molecule has 0 aliphatic heterocycles. The smallest absolute Gasteiger partial charge is 0.287 e. The average Bonchev–Trinajstić information content (AvgIpc) is 3.33. The minimum absolute atomic E-state index is 0.142. The van der Waals surface area contributed by atoms with E-state index >= 15 is 0 Å². The molecule has 0 saturated carbocycles. The van der Waals surface area contributed by atoms with E-state index in [2.05, 4.69) is 37.6 Å². The Hall–Kier alpha value is -2.97. The lowest BCUT2D eigenvalue weighted by Crippen LogP contribution is -2.32. The number of benzene rings is 2. The maximum atomic E-state index is 12.1. The van der Waals surface area contributed by atoms with E-state index in [0.29, 0.717) is 10.4 Å². The van der Waals surface area contributed by atoms with Crippen molar-refractivity contribution in [1.29, 1.82) is 0 Å². The summed E-state index contributed by atoms with van der Waals surface area (Å²) in [6.45, 7) is -0.148. The third kappa shape index (κ3) is 4.90. The fourth-order valence-electron chi connectivity index (χ4n) is 2.77. The van der Waals surface area contributed by atoms with E-state index in [0.717, 1.165) is 22.5 Å². The minimum Gasteiger partial charge on any atom is -0.444 e. The Labute approximate surface area is 179 Å². The molecule has 0 unspecified atom stereocenters. The zero-order chi connectivity index (χ0) is 20.2.